The topological polar surface area (TPSA) is 57.6 Å². The number of benzene rings is 3. The second kappa shape index (κ2) is 7.33. The van der Waals surface area contributed by atoms with Crippen LogP contribution in [0.1, 0.15) is 39.0 Å². The predicted octanol–water partition coefficient (Wildman–Crippen LogP) is 4.83. The number of aryl methyl sites for hydroxylation is 2. The summed E-state index contributed by atoms with van der Waals surface area (Å²) >= 11 is 6.26. The minimum absolute atomic E-state index is 0.193. The van der Waals surface area contributed by atoms with Crippen LogP contribution in [0.15, 0.2) is 66.7 Å². The maximum absolute atomic E-state index is 13.7. The quantitative estimate of drug-likeness (QED) is 0.646. The molecule has 0 fully saturated rings. The highest BCUT2D eigenvalue weighted by atomic mass is 35.5. The zero-order valence-electron chi connectivity index (χ0n) is 17.1. The molecule has 4 nitrogen and oxygen atoms in total. The highest BCUT2D eigenvalue weighted by Gasteiger charge is 2.57. The smallest absolute Gasteiger partial charge is 0.264 e. The van der Waals surface area contributed by atoms with Gasteiger partial charge in [-0.2, -0.15) is 0 Å². The van der Waals surface area contributed by atoms with Crippen molar-refractivity contribution in [3.63, 3.8) is 0 Å². The van der Waals surface area contributed by atoms with E-state index in [1.807, 2.05) is 49.4 Å². The molecule has 0 saturated heterocycles. The Morgan fingerprint density at radius 1 is 1.06 bits per heavy atom. The molecule has 0 saturated carbocycles. The zero-order valence-corrected chi connectivity index (χ0v) is 17.9. The van der Waals surface area contributed by atoms with E-state index in [1.54, 1.807) is 29.2 Å². The van der Waals surface area contributed by atoms with Crippen molar-refractivity contribution >= 4 is 29.0 Å². The molecule has 1 aliphatic carbocycles. The van der Waals surface area contributed by atoms with Crippen LogP contribution < -0.4 is 4.90 Å². The van der Waals surface area contributed by atoms with Crippen LogP contribution in [0.4, 0.5) is 5.69 Å². The second-order valence-electron chi connectivity index (χ2n) is 8.36. The summed E-state index contributed by atoms with van der Waals surface area (Å²) in [6.45, 7) is 2.31. The summed E-state index contributed by atoms with van der Waals surface area (Å²) in [7, 11) is 0. The van der Waals surface area contributed by atoms with Gasteiger partial charge in [-0.25, -0.2) is 0 Å². The summed E-state index contributed by atoms with van der Waals surface area (Å²) in [6.07, 6.45) is 1.04. The van der Waals surface area contributed by atoms with E-state index < -0.39 is 17.4 Å². The van der Waals surface area contributed by atoms with Crippen LogP contribution in [0, 0.1) is 12.8 Å². The lowest BCUT2D eigenvalue weighted by atomic mass is 9.71. The molecule has 3 aromatic carbocycles. The van der Waals surface area contributed by atoms with Crippen molar-refractivity contribution < 1.29 is 14.7 Å². The van der Waals surface area contributed by atoms with E-state index in [1.165, 1.54) is 0 Å². The van der Waals surface area contributed by atoms with Crippen molar-refractivity contribution in [3.8, 4) is 0 Å². The average molecular weight is 432 g/mol. The monoisotopic (exact) mass is 431 g/mol. The summed E-state index contributed by atoms with van der Waals surface area (Å²) in [5.41, 5.74) is 2.67. The normalized spacial score (nSPS) is 22.4. The number of aliphatic hydroxyl groups is 1. The number of halogens is 1. The Bertz CT molecular complexity index is 1220. The molecule has 1 N–H and O–H groups in total. The molecule has 3 aromatic rings. The molecule has 2 aliphatic rings. The van der Waals surface area contributed by atoms with Crippen LogP contribution >= 0.6 is 11.6 Å². The van der Waals surface area contributed by atoms with Crippen LogP contribution in [0.2, 0.25) is 5.02 Å². The number of hydrogen-bond donors (Lipinski definition) is 1. The zero-order chi connectivity index (χ0) is 21.8. The minimum Gasteiger partial charge on any atom is -0.375 e. The molecule has 5 heteroatoms. The molecule has 0 radical (unpaired) electrons. The number of ketones is 1. The first-order valence-electron chi connectivity index (χ1n) is 10.4. The number of amides is 1. The number of Topliss-reactive ketones (excluding diaryl/α,β-unsaturated/α-hetero) is 1. The van der Waals surface area contributed by atoms with Gasteiger partial charge in [-0.05, 0) is 54.7 Å². The van der Waals surface area contributed by atoms with Crippen LogP contribution in [0.5, 0.6) is 0 Å². The third-order valence-electron chi connectivity index (χ3n) is 6.63. The summed E-state index contributed by atoms with van der Waals surface area (Å²) < 4.78 is 0. The number of nitrogens with zero attached hydrogens (tertiary/aromatic N) is 1. The van der Waals surface area contributed by atoms with Gasteiger partial charge in [0, 0.05) is 16.1 Å². The van der Waals surface area contributed by atoms with Crippen molar-refractivity contribution in [3.05, 3.63) is 99.6 Å². The Kier molecular flexibility index (Phi) is 4.72. The fourth-order valence-corrected chi connectivity index (χ4v) is 5.10. The van der Waals surface area contributed by atoms with Crippen molar-refractivity contribution in [2.24, 2.45) is 5.92 Å². The molecule has 0 spiro atoms. The van der Waals surface area contributed by atoms with Crippen LogP contribution in [0.3, 0.4) is 0 Å². The Labute approximate surface area is 186 Å². The highest BCUT2D eigenvalue weighted by molar-refractivity contribution is 6.31. The molecule has 31 heavy (non-hydrogen) atoms. The number of rotatable bonds is 3. The molecule has 2 unspecified atom stereocenters. The van der Waals surface area contributed by atoms with Gasteiger partial charge in [-0.15, -0.1) is 0 Å². The largest absolute Gasteiger partial charge is 0.375 e. The van der Waals surface area contributed by atoms with Crippen molar-refractivity contribution in [1.29, 1.82) is 0 Å². The third-order valence-corrected chi connectivity index (χ3v) is 6.86. The minimum atomic E-state index is -1.94. The third kappa shape index (κ3) is 3.01. The first-order chi connectivity index (χ1) is 14.9. The summed E-state index contributed by atoms with van der Waals surface area (Å²) in [5, 5.41) is 12.3. The van der Waals surface area contributed by atoms with Crippen molar-refractivity contribution in [1.82, 2.24) is 0 Å². The van der Waals surface area contributed by atoms with E-state index in [0.29, 0.717) is 41.2 Å². The maximum atomic E-state index is 13.7. The standard InChI is InChI=1S/C26H22ClNO3/c1-16-6-2-3-8-18(16)15-28-23-13-11-19(27)14-22(23)26(31,25(28)30)21-12-10-17-7-4-5-9-20(17)24(21)29/h2-9,11,13-14,21,31H,10,12,15H2,1H3. The van der Waals surface area contributed by atoms with Crippen molar-refractivity contribution in [2.45, 2.75) is 31.9 Å². The fraction of sp³-hybridized carbons (Fsp3) is 0.231. The number of carbonyl (C=O) groups is 2. The first kappa shape index (κ1) is 20.0. The molecular formula is C26H22ClNO3. The molecule has 5 rings (SSSR count). The molecule has 1 heterocycles. The molecule has 2 atom stereocenters. The van der Waals surface area contributed by atoms with Gasteiger partial charge in [-0.3, -0.25) is 9.59 Å². The highest BCUT2D eigenvalue weighted by Crippen LogP contribution is 2.49. The number of fused-ring (bicyclic) bond motifs is 2. The number of hydrogen-bond acceptors (Lipinski definition) is 3. The van der Waals surface area contributed by atoms with Crippen molar-refractivity contribution in [2.75, 3.05) is 4.90 Å². The summed E-state index contributed by atoms with van der Waals surface area (Å²) in [5.74, 6) is -1.51. The molecule has 0 aromatic heterocycles. The van der Waals surface area contributed by atoms with Gasteiger partial charge in [0.2, 0.25) is 0 Å². The van der Waals surface area contributed by atoms with Crippen LogP contribution in [-0.4, -0.2) is 16.8 Å². The maximum Gasteiger partial charge on any atom is 0.264 e. The average Bonchev–Trinajstić information content (AvgIpc) is 2.98. The lowest BCUT2D eigenvalue weighted by Gasteiger charge is -2.34. The molecule has 156 valence electrons. The fourth-order valence-electron chi connectivity index (χ4n) is 4.93. The number of anilines is 1. The molecule has 1 aliphatic heterocycles. The summed E-state index contributed by atoms with van der Waals surface area (Å²) in [4.78, 5) is 28.7. The van der Waals surface area contributed by atoms with E-state index in [4.69, 9.17) is 11.6 Å². The predicted molar refractivity (Wildman–Crippen MR) is 120 cm³/mol. The molecule has 0 bridgehead atoms. The van der Waals surface area contributed by atoms with E-state index in [9.17, 15) is 14.7 Å². The molecular weight excluding hydrogens is 410 g/mol. The summed E-state index contributed by atoms with van der Waals surface area (Å²) in [6, 6.07) is 20.4. The van der Waals surface area contributed by atoms with E-state index >= 15 is 0 Å². The van der Waals surface area contributed by atoms with E-state index in [2.05, 4.69) is 0 Å². The van der Waals surface area contributed by atoms with Gasteiger partial charge >= 0.3 is 0 Å². The van der Waals surface area contributed by atoms with Gasteiger partial charge in [0.15, 0.2) is 11.4 Å². The van der Waals surface area contributed by atoms with Gasteiger partial charge in [-0.1, -0.05) is 60.1 Å². The first-order valence-corrected chi connectivity index (χ1v) is 10.8. The lowest BCUT2D eigenvalue weighted by Crippen LogP contribution is -2.49. The van der Waals surface area contributed by atoms with E-state index in [-0.39, 0.29) is 5.78 Å². The van der Waals surface area contributed by atoms with Gasteiger partial charge in [0.1, 0.15) is 0 Å². The van der Waals surface area contributed by atoms with E-state index in [0.717, 1.165) is 16.7 Å². The van der Waals surface area contributed by atoms with Gasteiger partial charge in [0.25, 0.3) is 5.91 Å². The Morgan fingerprint density at radius 2 is 1.81 bits per heavy atom. The van der Waals surface area contributed by atoms with Gasteiger partial charge in [0.05, 0.1) is 18.2 Å². The van der Waals surface area contributed by atoms with Gasteiger partial charge < -0.3 is 10.0 Å². The second-order valence-corrected chi connectivity index (χ2v) is 8.79. The Hall–Kier alpha value is -2.95. The lowest BCUT2D eigenvalue weighted by molar-refractivity contribution is -0.140. The van der Waals surface area contributed by atoms with Crippen LogP contribution in [0.25, 0.3) is 0 Å². The SMILES string of the molecule is Cc1ccccc1CN1C(=O)C(O)(C2CCc3ccccc3C2=O)c2cc(Cl)ccc21. The Balaban J connectivity index is 1.61. The van der Waals surface area contributed by atoms with Crippen LogP contribution in [-0.2, 0) is 23.4 Å². The molecule has 1 amide bonds. The number of carbonyl (C=O) groups excluding carboxylic acids is 2. The Morgan fingerprint density at radius 3 is 2.61 bits per heavy atom.